The highest BCUT2D eigenvalue weighted by Gasteiger charge is 2.32. The zero-order valence-corrected chi connectivity index (χ0v) is 15.2. The molecule has 1 aliphatic heterocycles. The summed E-state index contributed by atoms with van der Waals surface area (Å²) < 4.78 is 37.7. The molecule has 1 aliphatic rings. The molecule has 0 bridgehead atoms. The van der Waals surface area contributed by atoms with Crippen LogP contribution >= 0.6 is 0 Å². The maximum Gasteiger partial charge on any atom is 0.419 e. The smallest absolute Gasteiger partial charge is 0.350 e. The van der Waals surface area contributed by atoms with Gasteiger partial charge < -0.3 is 15.5 Å². The van der Waals surface area contributed by atoms with E-state index in [0.29, 0.717) is 30.8 Å². The van der Waals surface area contributed by atoms with Crippen LogP contribution in [-0.2, 0) is 11.0 Å². The minimum Gasteiger partial charge on any atom is -0.350 e. The fourth-order valence-electron chi connectivity index (χ4n) is 2.87. The zero-order chi connectivity index (χ0) is 21.0. The topological polar surface area (TPSA) is 87.2 Å². The van der Waals surface area contributed by atoms with Crippen LogP contribution in [0.3, 0.4) is 0 Å². The first-order valence-corrected chi connectivity index (χ1v) is 8.75. The first kappa shape index (κ1) is 20.3. The number of amides is 2. The number of carbonyl (C=O) groups excluding carboxylic acids is 2. The largest absolute Gasteiger partial charge is 0.419 e. The maximum atomic E-state index is 12.6. The summed E-state index contributed by atoms with van der Waals surface area (Å²) in [5.41, 5.74) is 0.0962. The monoisotopic (exact) mass is 405 g/mol. The van der Waals surface area contributed by atoms with Gasteiger partial charge in [0.2, 0.25) is 11.9 Å². The molecule has 3 rings (SSSR count). The number of rotatable bonds is 5. The van der Waals surface area contributed by atoms with Crippen molar-refractivity contribution >= 4 is 23.5 Å². The molecule has 0 aliphatic carbocycles. The lowest BCUT2D eigenvalue weighted by Gasteiger charge is -2.17. The van der Waals surface area contributed by atoms with Crippen molar-refractivity contribution in [3.63, 3.8) is 0 Å². The van der Waals surface area contributed by atoms with E-state index in [0.717, 1.165) is 18.5 Å². The van der Waals surface area contributed by atoms with Crippen LogP contribution in [0.2, 0.25) is 0 Å². The normalized spacial score (nSPS) is 16.4. The third-order valence-corrected chi connectivity index (χ3v) is 4.37. The lowest BCUT2D eigenvalue weighted by molar-refractivity contribution is -0.138. The minimum atomic E-state index is -4.49. The second kappa shape index (κ2) is 8.29. The highest BCUT2D eigenvalue weighted by Crippen LogP contribution is 2.28. The molecule has 152 valence electrons. The Balaban J connectivity index is 1.56. The van der Waals surface area contributed by atoms with Gasteiger partial charge in [0, 0.05) is 42.8 Å². The van der Waals surface area contributed by atoms with Gasteiger partial charge in [-0.05, 0) is 36.8 Å². The summed E-state index contributed by atoms with van der Waals surface area (Å²) in [4.78, 5) is 32.9. The first-order chi connectivity index (χ1) is 13.8. The second-order valence-corrected chi connectivity index (χ2v) is 6.44. The van der Waals surface area contributed by atoms with E-state index >= 15 is 0 Å². The molecule has 2 amide bonds. The quantitative estimate of drug-likeness (QED) is 0.747. The van der Waals surface area contributed by atoms with Crippen LogP contribution in [0.1, 0.15) is 22.3 Å². The van der Waals surface area contributed by atoms with E-state index in [9.17, 15) is 22.8 Å². The first-order valence-electron chi connectivity index (χ1n) is 8.75. The number of halogens is 3. The molecule has 10 heteroatoms. The fourth-order valence-corrected chi connectivity index (χ4v) is 2.87. The summed E-state index contributed by atoms with van der Waals surface area (Å²) in [6.45, 7) is 4.23. The zero-order valence-electron chi connectivity index (χ0n) is 15.2. The number of nitrogens with zero attached hydrogens (tertiary/aromatic N) is 3. The summed E-state index contributed by atoms with van der Waals surface area (Å²) in [6.07, 6.45) is -1.28. The van der Waals surface area contributed by atoms with Gasteiger partial charge in [-0.1, -0.05) is 6.58 Å². The summed E-state index contributed by atoms with van der Waals surface area (Å²) in [6, 6.07) is 6.30. The Hall–Kier alpha value is -3.43. The molecule has 1 aromatic carbocycles. The summed E-state index contributed by atoms with van der Waals surface area (Å²) >= 11 is 0. The number of aromatic nitrogens is 2. The number of hydrogen-bond acceptors (Lipinski definition) is 5. The molecule has 1 atom stereocenters. The molecular weight excluding hydrogens is 387 g/mol. The van der Waals surface area contributed by atoms with Gasteiger partial charge in [-0.2, -0.15) is 13.2 Å². The van der Waals surface area contributed by atoms with Crippen LogP contribution in [0.15, 0.2) is 49.3 Å². The number of hydrogen-bond donors (Lipinski definition) is 2. The Kier molecular flexibility index (Phi) is 5.81. The van der Waals surface area contributed by atoms with Crippen LogP contribution in [-0.4, -0.2) is 45.8 Å². The SMILES string of the molecule is C=CC(=O)Nc1ccc(C(=O)N2CCC(Nc3ncc(C(F)(F)F)cn3)C2)cc1. The van der Waals surface area contributed by atoms with Crippen LogP contribution in [0.4, 0.5) is 24.8 Å². The van der Waals surface area contributed by atoms with Crippen molar-refractivity contribution < 1.29 is 22.8 Å². The van der Waals surface area contributed by atoms with Gasteiger partial charge in [0.15, 0.2) is 0 Å². The molecule has 0 spiro atoms. The average molecular weight is 405 g/mol. The van der Waals surface area contributed by atoms with Crippen LogP contribution < -0.4 is 10.6 Å². The molecule has 2 N–H and O–H groups in total. The molecule has 29 heavy (non-hydrogen) atoms. The van der Waals surface area contributed by atoms with Crippen LogP contribution in [0.5, 0.6) is 0 Å². The van der Waals surface area contributed by atoms with Crippen LogP contribution in [0, 0.1) is 0 Å². The molecule has 1 saturated heterocycles. The maximum absolute atomic E-state index is 12.6. The van der Waals surface area contributed by atoms with E-state index in [1.54, 1.807) is 29.2 Å². The molecule has 7 nitrogen and oxygen atoms in total. The number of carbonyl (C=O) groups is 2. The average Bonchev–Trinajstić information content (AvgIpc) is 3.16. The van der Waals surface area contributed by atoms with Crippen molar-refractivity contribution in [2.24, 2.45) is 0 Å². The predicted octanol–water partition coefficient (Wildman–Crippen LogP) is 2.95. The molecular formula is C19H18F3N5O2. The van der Waals surface area contributed by atoms with Crippen molar-refractivity contribution in [1.82, 2.24) is 14.9 Å². The van der Waals surface area contributed by atoms with Crippen molar-refractivity contribution in [2.45, 2.75) is 18.6 Å². The molecule has 1 unspecified atom stereocenters. The predicted molar refractivity (Wildman–Crippen MR) is 100 cm³/mol. The van der Waals surface area contributed by atoms with Crippen LogP contribution in [0.25, 0.3) is 0 Å². The van der Waals surface area contributed by atoms with Crippen molar-refractivity contribution in [2.75, 3.05) is 23.7 Å². The molecule has 0 saturated carbocycles. The molecule has 1 aromatic heterocycles. The Morgan fingerprint density at radius 2 is 1.83 bits per heavy atom. The highest BCUT2D eigenvalue weighted by atomic mass is 19.4. The summed E-state index contributed by atoms with van der Waals surface area (Å²) in [5.74, 6) is -0.438. The van der Waals surface area contributed by atoms with Gasteiger partial charge in [-0.15, -0.1) is 0 Å². The van der Waals surface area contributed by atoms with E-state index in [1.807, 2.05) is 0 Å². The Morgan fingerprint density at radius 1 is 1.17 bits per heavy atom. The molecule has 0 radical (unpaired) electrons. The van der Waals surface area contributed by atoms with E-state index in [2.05, 4.69) is 27.2 Å². The number of nitrogens with one attached hydrogen (secondary N) is 2. The van der Waals surface area contributed by atoms with Crippen molar-refractivity contribution in [3.05, 3.63) is 60.4 Å². The number of alkyl halides is 3. The number of likely N-dealkylation sites (tertiary alicyclic amines) is 1. The van der Waals surface area contributed by atoms with Gasteiger partial charge >= 0.3 is 6.18 Å². The van der Waals surface area contributed by atoms with E-state index < -0.39 is 11.7 Å². The standard InChI is InChI=1S/C19H18F3N5O2/c1-2-16(28)25-14-5-3-12(4-6-14)17(29)27-8-7-15(11-27)26-18-23-9-13(10-24-18)19(20,21)22/h2-6,9-10,15H,1,7-8,11H2,(H,25,28)(H,23,24,26). The van der Waals surface area contributed by atoms with E-state index in [4.69, 9.17) is 0 Å². The number of anilines is 2. The van der Waals surface area contributed by atoms with Gasteiger partial charge in [-0.3, -0.25) is 9.59 Å². The third-order valence-electron chi connectivity index (χ3n) is 4.37. The lowest BCUT2D eigenvalue weighted by atomic mass is 10.2. The highest BCUT2D eigenvalue weighted by molar-refractivity contribution is 5.99. The Morgan fingerprint density at radius 3 is 2.41 bits per heavy atom. The minimum absolute atomic E-state index is 0.0830. The Bertz CT molecular complexity index is 898. The number of benzene rings is 1. The van der Waals surface area contributed by atoms with E-state index in [-0.39, 0.29) is 23.8 Å². The van der Waals surface area contributed by atoms with Gasteiger partial charge in [0.1, 0.15) is 0 Å². The molecule has 1 fully saturated rings. The van der Waals surface area contributed by atoms with Crippen molar-refractivity contribution in [3.8, 4) is 0 Å². The fraction of sp³-hybridized carbons (Fsp3) is 0.263. The molecule has 2 aromatic rings. The Labute approximate surface area is 164 Å². The van der Waals surface area contributed by atoms with Gasteiger partial charge in [-0.25, -0.2) is 9.97 Å². The van der Waals surface area contributed by atoms with Gasteiger partial charge in [0.25, 0.3) is 5.91 Å². The summed E-state index contributed by atoms with van der Waals surface area (Å²) in [7, 11) is 0. The second-order valence-electron chi connectivity index (χ2n) is 6.44. The van der Waals surface area contributed by atoms with E-state index in [1.165, 1.54) is 0 Å². The molecule has 2 heterocycles. The van der Waals surface area contributed by atoms with Gasteiger partial charge in [0.05, 0.1) is 5.56 Å². The van der Waals surface area contributed by atoms with Crippen molar-refractivity contribution in [1.29, 1.82) is 0 Å². The summed E-state index contributed by atoms with van der Waals surface area (Å²) in [5, 5.41) is 5.55. The lowest BCUT2D eigenvalue weighted by Crippen LogP contribution is -2.31. The third kappa shape index (κ3) is 5.09.